The number of aryl methyl sites for hydroxylation is 1. The summed E-state index contributed by atoms with van der Waals surface area (Å²) >= 11 is 0. The largest absolute Gasteiger partial charge is 0.496 e. The van der Waals surface area contributed by atoms with Crippen LogP contribution in [0.2, 0.25) is 0 Å². The Morgan fingerprint density at radius 3 is 2.31 bits per heavy atom. The van der Waals surface area contributed by atoms with Gasteiger partial charge in [0.25, 0.3) is 0 Å². The molecule has 0 bridgehead atoms. The SMILES string of the molecule is C=C(C)COc1cc(C)c2c(c1)O/C(=C\c1cc(OC)c(OC)cc1OC)C2=O. The number of Topliss-reactive ketones (excluding diaryl/α,β-unsaturated/α-hetero) is 1. The maximum Gasteiger partial charge on any atom is 0.232 e. The second kappa shape index (κ2) is 8.31. The van der Waals surface area contributed by atoms with Crippen molar-refractivity contribution in [3.63, 3.8) is 0 Å². The van der Waals surface area contributed by atoms with E-state index >= 15 is 0 Å². The van der Waals surface area contributed by atoms with Crippen LogP contribution < -0.4 is 23.7 Å². The smallest absolute Gasteiger partial charge is 0.232 e. The molecule has 0 unspecified atom stereocenters. The molecule has 0 radical (unpaired) electrons. The number of rotatable bonds is 7. The lowest BCUT2D eigenvalue weighted by molar-refractivity contribution is 0.101. The monoisotopic (exact) mass is 396 g/mol. The Kier molecular flexibility index (Phi) is 5.82. The lowest BCUT2D eigenvalue weighted by Crippen LogP contribution is -2.01. The Hall–Kier alpha value is -3.41. The summed E-state index contributed by atoms with van der Waals surface area (Å²) in [5, 5.41) is 0. The molecule has 2 aromatic carbocycles. The van der Waals surface area contributed by atoms with Gasteiger partial charge in [-0.2, -0.15) is 0 Å². The number of hydrogen-bond donors (Lipinski definition) is 0. The first-order valence-corrected chi connectivity index (χ1v) is 9.04. The van der Waals surface area contributed by atoms with Crippen molar-refractivity contribution in [1.29, 1.82) is 0 Å². The van der Waals surface area contributed by atoms with Crippen molar-refractivity contribution in [3.05, 3.63) is 58.9 Å². The van der Waals surface area contributed by atoms with Crippen LogP contribution >= 0.6 is 0 Å². The second-order valence-electron chi connectivity index (χ2n) is 6.75. The highest BCUT2D eigenvalue weighted by atomic mass is 16.5. The van der Waals surface area contributed by atoms with Crippen molar-refractivity contribution in [2.45, 2.75) is 13.8 Å². The summed E-state index contributed by atoms with van der Waals surface area (Å²) in [6, 6.07) is 6.98. The topological polar surface area (TPSA) is 63.2 Å². The van der Waals surface area contributed by atoms with Crippen molar-refractivity contribution in [2.75, 3.05) is 27.9 Å². The number of methoxy groups -OCH3 is 3. The summed E-state index contributed by atoms with van der Waals surface area (Å²) in [4.78, 5) is 12.9. The molecule has 6 nitrogen and oxygen atoms in total. The fourth-order valence-corrected chi connectivity index (χ4v) is 3.07. The van der Waals surface area contributed by atoms with Crippen molar-refractivity contribution in [3.8, 4) is 28.7 Å². The quantitative estimate of drug-likeness (QED) is 0.504. The predicted molar refractivity (Wildman–Crippen MR) is 111 cm³/mol. The van der Waals surface area contributed by atoms with E-state index in [1.807, 2.05) is 19.9 Å². The maximum absolute atomic E-state index is 12.9. The Balaban J connectivity index is 1.98. The molecule has 0 fully saturated rings. The van der Waals surface area contributed by atoms with Gasteiger partial charge in [-0.3, -0.25) is 4.79 Å². The van der Waals surface area contributed by atoms with E-state index in [4.69, 9.17) is 23.7 Å². The maximum atomic E-state index is 12.9. The van der Waals surface area contributed by atoms with Crippen LogP contribution in [0.15, 0.2) is 42.2 Å². The molecule has 6 heteroatoms. The summed E-state index contributed by atoms with van der Waals surface area (Å²) in [7, 11) is 4.64. The minimum atomic E-state index is -0.194. The molecule has 0 aliphatic carbocycles. The number of carbonyl (C=O) groups is 1. The van der Waals surface area contributed by atoms with Crippen LogP contribution in [0.4, 0.5) is 0 Å². The highest BCUT2D eigenvalue weighted by molar-refractivity contribution is 6.15. The fraction of sp³-hybridized carbons (Fsp3) is 0.261. The highest BCUT2D eigenvalue weighted by Gasteiger charge is 2.30. The Morgan fingerprint density at radius 1 is 1.03 bits per heavy atom. The lowest BCUT2D eigenvalue weighted by atomic mass is 10.0. The molecule has 1 aliphatic rings. The number of ketones is 1. The van der Waals surface area contributed by atoms with Crippen LogP contribution in [0.25, 0.3) is 6.08 Å². The molecule has 0 spiro atoms. The molecule has 29 heavy (non-hydrogen) atoms. The molecule has 0 aromatic heterocycles. The first kappa shape index (κ1) is 20.3. The fourth-order valence-electron chi connectivity index (χ4n) is 3.07. The third-order valence-corrected chi connectivity index (χ3v) is 4.45. The Morgan fingerprint density at radius 2 is 1.69 bits per heavy atom. The van der Waals surface area contributed by atoms with Gasteiger partial charge < -0.3 is 23.7 Å². The van der Waals surface area contributed by atoms with Gasteiger partial charge in [0.05, 0.1) is 26.9 Å². The normalized spacial score (nSPS) is 13.7. The van der Waals surface area contributed by atoms with Gasteiger partial charge in [-0.05, 0) is 43.2 Å². The number of carbonyl (C=O) groups excluding carboxylic acids is 1. The summed E-state index contributed by atoms with van der Waals surface area (Å²) in [6.07, 6.45) is 1.64. The van der Waals surface area contributed by atoms with Crippen molar-refractivity contribution in [1.82, 2.24) is 0 Å². The Labute approximate surface area is 170 Å². The van der Waals surface area contributed by atoms with Gasteiger partial charge in [0.1, 0.15) is 23.9 Å². The number of ether oxygens (including phenoxy) is 5. The molecule has 0 atom stereocenters. The zero-order valence-corrected chi connectivity index (χ0v) is 17.3. The lowest BCUT2D eigenvalue weighted by Gasteiger charge is -2.12. The van der Waals surface area contributed by atoms with Crippen LogP contribution in [-0.4, -0.2) is 33.7 Å². The summed E-state index contributed by atoms with van der Waals surface area (Å²) in [5.41, 5.74) is 2.85. The van der Waals surface area contributed by atoms with Crippen molar-refractivity contribution >= 4 is 11.9 Å². The molecule has 152 valence electrons. The zero-order valence-electron chi connectivity index (χ0n) is 17.3. The van der Waals surface area contributed by atoms with E-state index in [2.05, 4.69) is 6.58 Å². The van der Waals surface area contributed by atoms with E-state index in [1.54, 1.807) is 45.6 Å². The van der Waals surface area contributed by atoms with Gasteiger partial charge >= 0.3 is 0 Å². The molecule has 1 aliphatic heterocycles. The second-order valence-corrected chi connectivity index (χ2v) is 6.75. The number of benzene rings is 2. The minimum absolute atomic E-state index is 0.194. The molecule has 0 amide bonds. The van der Waals surface area contributed by atoms with Crippen molar-refractivity contribution in [2.24, 2.45) is 0 Å². The van der Waals surface area contributed by atoms with Crippen LogP contribution in [0.5, 0.6) is 28.7 Å². The van der Waals surface area contributed by atoms with E-state index in [0.717, 1.165) is 11.1 Å². The molecule has 2 aromatic rings. The molecule has 1 heterocycles. The van der Waals surface area contributed by atoms with E-state index in [0.29, 0.717) is 46.5 Å². The summed E-state index contributed by atoms with van der Waals surface area (Å²) < 4.78 is 27.6. The molecule has 0 saturated heterocycles. The van der Waals surface area contributed by atoms with Gasteiger partial charge in [-0.1, -0.05) is 6.58 Å². The molecule has 3 rings (SSSR count). The van der Waals surface area contributed by atoms with E-state index in [-0.39, 0.29) is 11.5 Å². The van der Waals surface area contributed by atoms with Gasteiger partial charge in [0, 0.05) is 17.7 Å². The zero-order chi connectivity index (χ0) is 21.1. The predicted octanol–water partition coefficient (Wildman–Crippen LogP) is 4.59. The van der Waals surface area contributed by atoms with Crippen LogP contribution in [0.3, 0.4) is 0 Å². The van der Waals surface area contributed by atoms with Crippen molar-refractivity contribution < 1.29 is 28.5 Å². The molecule has 0 N–H and O–H groups in total. The Bertz CT molecular complexity index is 1000. The summed E-state index contributed by atoms with van der Waals surface area (Å²) in [5.74, 6) is 2.69. The average Bonchev–Trinajstić information content (AvgIpc) is 3.01. The van der Waals surface area contributed by atoms with E-state index < -0.39 is 0 Å². The third-order valence-electron chi connectivity index (χ3n) is 4.45. The average molecular weight is 396 g/mol. The number of allylic oxidation sites excluding steroid dienone is 1. The first-order chi connectivity index (χ1) is 13.9. The molecule has 0 saturated carbocycles. The third kappa shape index (κ3) is 4.06. The van der Waals surface area contributed by atoms with Gasteiger partial charge in [-0.25, -0.2) is 0 Å². The molecular weight excluding hydrogens is 372 g/mol. The van der Waals surface area contributed by atoms with Crippen LogP contribution in [0, 0.1) is 6.92 Å². The van der Waals surface area contributed by atoms with Crippen LogP contribution in [-0.2, 0) is 0 Å². The van der Waals surface area contributed by atoms with E-state index in [1.165, 1.54) is 0 Å². The minimum Gasteiger partial charge on any atom is -0.496 e. The molecular formula is C23H24O6. The first-order valence-electron chi connectivity index (χ1n) is 9.04. The summed E-state index contributed by atoms with van der Waals surface area (Å²) in [6.45, 7) is 7.97. The van der Waals surface area contributed by atoms with Gasteiger partial charge in [-0.15, -0.1) is 0 Å². The van der Waals surface area contributed by atoms with Gasteiger partial charge in [0.15, 0.2) is 17.3 Å². The highest BCUT2D eigenvalue weighted by Crippen LogP contribution is 2.40. The van der Waals surface area contributed by atoms with Crippen LogP contribution in [0.1, 0.15) is 28.4 Å². The van der Waals surface area contributed by atoms with Gasteiger partial charge in [0.2, 0.25) is 5.78 Å². The standard InChI is InChI=1S/C23H24O6/c1-13(2)12-28-16-7-14(3)22-20(10-16)29-21(23(22)24)9-15-8-18(26-5)19(27-6)11-17(15)25-4/h7-11H,1,12H2,2-6H3/b21-9-. The number of hydrogen-bond acceptors (Lipinski definition) is 6. The number of fused-ring (bicyclic) bond motifs is 1. The van der Waals surface area contributed by atoms with E-state index in [9.17, 15) is 4.79 Å².